The van der Waals surface area contributed by atoms with Crippen molar-refractivity contribution in [3.63, 3.8) is 0 Å². The van der Waals surface area contributed by atoms with Crippen LogP contribution >= 0.6 is 55.1 Å². The van der Waals surface area contributed by atoms with Crippen molar-refractivity contribution in [1.82, 2.24) is 0 Å². The van der Waals surface area contributed by atoms with Crippen molar-refractivity contribution in [2.24, 2.45) is 0 Å². The van der Waals surface area contributed by atoms with Gasteiger partial charge in [-0.15, -0.1) is 0 Å². The predicted octanol–water partition coefficient (Wildman–Crippen LogP) is 4.45. The van der Waals surface area contributed by atoms with E-state index in [1.807, 2.05) is 0 Å². The average molecular weight is 391 g/mol. The fourth-order valence-corrected chi connectivity index (χ4v) is 2.76. The molecule has 1 aromatic rings. The topological polar surface area (TPSA) is 37.3 Å². The van der Waals surface area contributed by atoms with Gasteiger partial charge in [-0.1, -0.05) is 61.1 Å². The Morgan fingerprint density at radius 2 is 2.06 bits per heavy atom. The molecule has 0 aliphatic rings. The molecule has 0 spiro atoms. The Balaban J connectivity index is 3.21. The number of hydrogen-bond donors (Lipinski definition) is 1. The van der Waals surface area contributed by atoms with Crippen LogP contribution in [-0.4, -0.2) is 15.9 Å². The summed E-state index contributed by atoms with van der Waals surface area (Å²) < 4.78 is -0.805. The summed E-state index contributed by atoms with van der Waals surface area (Å²) in [5.41, 5.74) is 0.669. The van der Waals surface area contributed by atoms with Crippen LogP contribution in [0.2, 0.25) is 10.0 Å². The molecule has 2 atom stereocenters. The highest BCUT2D eigenvalue weighted by molar-refractivity contribution is 9.12. The minimum atomic E-state index is -0.967. The molecule has 2 nitrogen and oxygen atoms in total. The molecular weight excluding hydrogens is 383 g/mol. The number of hydrogen-bond acceptors (Lipinski definition) is 1. The maximum Gasteiger partial charge on any atom is 0.319 e. The molecule has 88 valence electrons. The van der Waals surface area contributed by atoms with Crippen molar-refractivity contribution in [3.8, 4) is 0 Å². The van der Waals surface area contributed by atoms with Crippen LogP contribution in [0.25, 0.3) is 0 Å². The lowest BCUT2D eigenvalue weighted by molar-refractivity contribution is -0.136. The number of carboxylic acid groups (broad SMARTS) is 1. The van der Waals surface area contributed by atoms with Gasteiger partial charge >= 0.3 is 5.97 Å². The summed E-state index contributed by atoms with van der Waals surface area (Å²) in [6, 6.07) is 4.96. The first-order valence-electron chi connectivity index (χ1n) is 4.28. The highest BCUT2D eigenvalue weighted by Gasteiger charge is 2.38. The molecule has 0 bridgehead atoms. The number of halogens is 4. The van der Waals surface area contributed by atoms with Gasteiger partial charge in [0.15, 0.2) is 0 Å². The van der Waals surface area contributed by atoms with Crippen LogP contribution in [0, 0.1) is 0 Å². The summed E-state index contributed by atoms with van der Waals surface area (Å²) in [5.74, 6) is -0.967. The van der Waals surface area contributed by atoms with Gasteiger partial charge in [-0.25, -0.2) is 0 Å². The smallest absolute Gasteiger partial charge is 0.319 e. The number of benzene rings is 1. The van der Waals surface area contributed by atoms with Crippen LogP contribution < -0.4 is 0 Å². The van der Waals surface area contributed by atoms with Gasteiger partial charge < -0.3 is 5.11 Å². The monoisotopic (exact) mass is 388 g/mol. The minimum absolute atomic E-state index is 0.428. The van der Waals surface area contributed by atoms with Crippen molar-refractivity contribution in [2.75, 3.05) is 0 Å². The zero-order chi connectivity index (χ0) is 12.5. The van der Waals surface area contributed by atoms with Gasteiger partial charge in [-0.3, -0.25) is 4.79 Å². The normalized spacial score (nSPS) is 16.6. The maximum absolute atomic E-state index is 11.0. The Hall–Kier alpha value is 0.230. The lowest BCUT2D eigenvalue weighted by atomic mass is 9.97. The zero-order valence-corrected chi connectivity index (χ0v) is 12.9. The second-order valence-electron chi connectivity index (χ2n) is 3.40. The lowest BCUT2D eigenvalue weighted by Crippen LogP contribution is -2.32. The van der Waals surface area contributed by atoms with Crippen molar-refractivity contribution in [1.29, 1.82) is 0 Å². The van der Waals surface area contributed by atoms with Crippen LogP contribution in [0.1, 0.15) is 12.5 Å². The van der Waals surface area contributed by atoms with Crippen LogP contribution in [0.3, 0.4) is 0 Å². The molecule has 0 radical (unpaired) electrons. The molecule has 0 aromatic heterocycles. The van der Waals surface area contributed by atoms with E-state index in [0.717, 1.165) is 0 Å². The number of alkyl halides is 2. The second kappa shape index (κ2) is 5.25. The highest BCUT2D eigenvalue weighted by Crippen LogP contribution is 2.42. The fourth-order valence-electron chi connectivity index (χ4n) is 1.25. The van der Waals surface area contributed by atoms with E-state index in [1.165, 1.54) is 0 Å². The van der Waals surface area contributed by atoms with E-state index in [0.29, 0.717) is 15.6 Å². The van der Waals surface area contributed by atoms with E-state index in [2.05, 4.69) is 31.9 Å². The van der Waals surface area contributed by atoms with Gasteiger partial charge in [0.05, 0.1) is 4.32 Å². The standard InChI is InChI=1S/C10H8Br2Cl2O2/c1-10(12,8(11)9(15)16)6-3-2-5(13)4-7(6)14/h2-4,8H,1H3,(H,15,16). The van der Waals surface area contributed by atoms with Gasteiger partial charge in [0.2, 0.25) is 0 Å². The molecule has 0 fully saturated rings. The number of aliphatic carboxylic acids is 1. The Morgan fingerprint density at radius 3 is 2.50 bits per heavy atom. The second-order valence-corrected chi connectivity index (χ2v) is 6.81. The summed E-state index contributed by atoms with van der Waals surface area (Å²) in [4.78, 5) is 10.2. The Labute approximate surface area is 120 Å². The SMILES string of the molecule is CC(Br)(c1ccc(Cl)cc1Cl)C(Br)C(=O)O. The van der Waals surface area contributed by atoms with Crippen LogP contribution in [0.4, 0.5) is 0 Å². The van der Waals surface area contributed by atoms with Gasteiger partial charge in [0.1, 0.15) is 4.83 Å². The zero-order valence-electron chi connectivity index (χ0n) is 8.18. The Kier molecular flexibility index (Phi) is 4.69. The van der Waals surface area contributed by atoms with E-state index >= 15 is 0 Å². The molecular formula is C10H8Br2Cl2O2. The molecule has 1 aromatic carbocycles. The van der Waals surface area contributed by atoms with E-state index in [1.54, 1.807) is 25.1 Å². The molecule has 6 heteroatoms. The lowest BCUT2D eigenvalue weighted by Gasteiger charge is -2.27. The average Bonchev–Trinajstić information content (AvgIpc) is 2.15. The quantitative estimate of drug-likeness (QED) is 0.774. The van der Waals surface area contributed by atoms with Crippen molar-refractivity contribution in [2.45, 2.75) is 16.1 Å². The summed E-state index contributed by atoms with van der Waals surface area (Å²) in [5, 5.41) is 9.92. The first kappa shape index (κ1) is 14.3. The summed E-state index contributed by atoms with van der Waals surface area (Å²) >= 11 is 18.3. The molecule has 1 rings (SSSR count). The van der Waals surface area contributed by atoms with E-state index in [-0.39, 0.29) is 0 Å². The molecule has 0 aliphatic carbocycles. The summed E-state index contributed by atoms with van der Waals surface area (Å²) in [6.45, 7) is 1.73. The van der Waals surface area contributed by atoms with Crippen molar-refractivity contribution < 1.29 is 9.90 Å². The van der Waals surface area contributed by atoms with Gasteiger partial charge in [0.25, 0.3) is 0 Å². The number of rotatable bonds is 3. The Morgan fingerprint density at radius 1 is 1.50 bits per heavy atom. The number of carboxylic acids is 1. The van der Waals surface area contributed by atoms with Gasteiger partial charge in [-0.05, 0) is 24.6 Å². The molecule has 2 unspecified atom stereocenters. The molecule has 16 heavy (non-hydrogen) atoms. The molecule has 0 amide bonds. The minimum Gasteiger partial charge on any atom is -0.480 e. The van der Waals surface area contributed by atoms with E-state index in [4.69, 9.17) is 28.3 Å². The summed E-state index contributed by atoms with van der Waals surface area (Å²) in [6.07, 6.45) is 0. The Bertz CT molecular complexity index is 421. The predicted molar refractivity (Wildman–Crippen MR) is 73.1 cm³/mol. The third-order valence-electron chi connectivity index (χ3n) is 2.15. The highest BCUT2D eigenvalue weighted by atomic mass is 79.9. The van der Waals surface area contributed by atoms with Gasteiger partial charge in [-0.2, -0.15) is 0 Å². The molecule has 0 heterocycles. The van der Waals surface area contributed by atoms with Crippen molar-refractivity contribution in [3.05, 3.63) is 33.8 Å². The third kappa shape index (κ3) is 2.92. The van der Waals surface area contributed by atoms with Crippen LogP contribution in [0.5, 0.6) is 0 Å². The maximum atomic E-state index is 11.0. The van der Waals surface area contributed by atoms with Crippen LogP contribution in [0.15, 0.2) is 18.2 Å². The molecule has 0 saturated carbocycles. The summed E-state index contributed by atoms with van der Waals surface area (Å²) in [7, 11) is 0. The van der Waals surface area contributed by atoms with Crippen LogP contribution in [-0.2, 0) is 9.12 Å². The fraction of sp³-hybridized carbons (Fsp3) is 0.300. The van der Waals surface area contributed by atoms with Gasteiger partial charge in [0, 0.05) is 10.0 Å². The first-order valence-corrected chi connectivity index (χ1v) is 6.74. The molecule has 1 N–H and O–H groups in total. The van der Waals surface area contributed by atoms with E-state index < -0.39 is 15.1 Å². The van der Waals surface area contributed by atoms with E-state index in [9.17, 15) is 4.79 Å². The molecule has 0 saturated heterocycles. The largest absolute Gasteiger partial charge is 0.480 e. The number of carbonyl (C=O) groups is 1. The third-order valence-corrected chi connectivity index (χ3v) is 5.51. The first-order chi connectivity index (χ1) is 7.26. The molecule has 0 aliphatic heterocycles. The van der Waals surface area contributed by atoms with Crippen molar-refractivity contribution >= 4 is 61.0 Å².